The molecular weight excluding hydrogens is 842 g/mol. The van der Waals surface area contributed by atoms with Crippen LogP contribution in [0.3, 0.4) is 0 Å². The van der Waals surface area contributed by atoms with Crippen molar-refractivity contribution in [2.75, 3.05) is 7.15 Å². The van der Waals surface area contributed by atoms with Gasteiger partial charge in [0.15, 0.2) is 0 Å². The van der Waals surface area contributed by atoms with E-state index in [1.807, 2.05) is 36.4 Å². The number of rotatable bonds is 10. The fraction of sp³-hybridized carbons (Fsp3) is 0.395. The average Bonchev–Trinajstić information content (AvgIpc) is 3.80. The summed E-state index contributed by atoms with van der Waals surface area (Å²) in [7, 11) is -1.00. The Morgan fingerprint density at radius 1 is 0.567 bits per heavy atom. The molecule has 2 aromatic heterocycles. The molecule has 4 atom stereocenters. The Balaban J connectivity index is 0.00000201. The molecular formula is C43H39F7O8S2. The zero-order valence-corrected chi connectivity index (χ0v) is 33.8. The Labute approximate surface area is 349 Å². The number of carbonyl (C=O) groups excluding carboxylic acids is 4. The highest BCUT2D eigenvalue weighted by Crippen LogP contribution is 2.47. The van der Waals surface area contributed by atoms with Gasteiger partial charge >= 0.3 is 36.2 Å². The van der Waals surface area contributed by atoms with E-state index in [4.69, 9.17) is 20.3 Å². The second kappa shape index (κ2) is 18.3. The molecule has 0 saturated heterocycles. The van der Waals surface area contributed by atoms with Crippen LogP contribution >= 0.6 is 22.7 Å². The Morgan fingerprint density at radius 3 is 1.23 bits per heavy atom. The summed E-state index contributed by atoms with van der Waals surface area (Å²) in [5.74, 6) is -3.62. The molecule has 0 fully saturated rings. The highest BCUT2D eigenvalue weighted by molar-refractivity contribution is 7.23. The van der Waals surface area contributed by atoms with E-state index >= 15 is 0 Å². The van der Waals surface area contributed by atoms with Crippen LogP contribution in [0.15, 0.2) is 60.7 Å². The van der Waals surface area contributed by atoms with Gasteiger partial charge in [-0.1, -0.05) is 38.1 Å². The van der Waals surface area contributed by atoms with Crippen molar-refractivity contribution in [1.82, 2.24) is 0 Å². The lowest BCUT2D eigenvalue weighted by molar-refractivity contribution is -0.181. The van der Waals surface area contributed by atoms with Crippen LogP contribution in [-0.4, -0.2) is 43.4 Å². The molecule has 320 valence electrons. The molecule has 60 heavy (non-hydrogen) atoms. The van der Waals surface area contributed by atoms with Crippen molar-refractivity contribution in [2.24, 2.45) is 0 Å². The van der Waals surface area contributed by atoms with Crippen molar-refractivity contribution < 1.29 is 70.2 Å². The molecule has 0 bridgehead atoms. The van der Waals surface area contributed by atoms with E-state index < -0.39 is 68.7 Å². The summed E-state index contributed by atoms with van der Waals surface area (Å²) in [6.07, 6.45) is -15.0. The van der Waals surface area contributed by atoms with Crippen LogP contribution in [0, 0.1) is 0 Å². The summed E-state index contributed by atoms with van der Waals surface area (Å²) in [6, 6.07) is 18.8. The van der Waals surface area contributed by atoms with Gasteiger partial charge in [-0.05, 0) is 106 Å². The maximum atomic E-state index is 13.0. The number of halogens is 7. The quantitative estimate of drug-likeness (QED) is 0.0776. The average molecular weight is 882 g/mol. The topological polar surface area (TPSA) is 105 Å². The Morgan fingerprint density at radius 2 is 0.900 bits per heavy atom. The molecule has 0 amide bonds. The Kier molecular flexibility index (Phi) is 13.1. The molecule has 2 aliphatic rings. The monoisotopic (exact) mass is 881 g/mol. The standard InChI is InChI=1S/C42H36F6O8S2.CH3F/c1-3-37(49)53-29-9-11-31(54-38(50)4-2)27-13-21(5-7-25(27)29)33-15-23-17-36-24(18-35(23)57-33)16-34(58-36)22-6-8-26-28(14-22)32(56-40(52)20-42(46,47)48)12-10-30(26)55-39(51)19-41(43,44)45;1-2/h5-8,13-18,29-32H,3-4,9-12,19-20H2,1-2H3;1H3/i;1D. The molecule has 7 rings (SSSR count). The number of hydrogen-bond donors (Lipinski definition) is 0. The molecule has 0 radical (unpaired) electrons. The number of esters is 4. The van der Waals surface area contributed by atoms with Crippen LogP contribution in [0.4, 0.5) is 30.7 Å². The lowest BCUT2D eigenvalue weighted by Crippen LogP contribution is -2.26. The normalized spacial score (nSPS) is 19.0. The molecule has 3 aromatic carbocycles. The Bertz CT molecular complexity index is 2370. The first-order valence-corrected chi connectivity index (χ1v) is 20.5. The van der Waals surface area contributed by atoms with Gasteiger partial charge in [0.05, 0.1) is 8.52 Å². The third kappa shape index (κ3) is 10.5. The summed E-state index contributed by atoms with van der Waals surface area (Å²) in [6.45, 7) is 3.47. The van der Waals surface area contributed by atoms with Crippen LogP contribution in [0.2, 0.25) is 0 Å². The van der Waals surface area contributed by atoms with Gasteiger partial charge in [0, 0.05) is 32.0 Å². The van der Waals surface area contributed by atoms with Gasteiger partial charge in [0.1, 0.15) is 37.3 Å². The lowest BCUT2D eigenvalue weighted by Gasteiger charge is -2.31. The van der Waals surface area contributed by atoms with Crippen molar-refractivity contribution in [1.29, 1.82) is 0 Å². The van der Waals surface area contributed by atoms with Crippen LogP contribution in [0.25, 0.3) is 41.1 Å². The molecule has 2 heterocycles. The molecule has 0 N–H and O–H groups in total. The molecule has 0 saturated carbocycles. The number of carbonyl (C=O) groups is 4. The predicted octanol–water partition coefficient (Wildman–Crippen LogP) is 12.7. The second-order valence-electron chi connectivity index (χ2n) is 14.2. The van der Waals surface area contributed by atoms with E-state index in [2.05, 4.69) is 6.07 Å². The summed E-state index contributed by atoms with van der Waals surface area (Å²) in [5, 5.41) is 1.87. The minimum atomic E-state index is -4.80. The number of ether oxygens (including phenoxy) is 4. The molecule has 4 unspecified atom stereocenters. The molecule has 0 spiro atoms. The van der Waals surface area contributed by atoms with Gasteiger partial charge in [-0.15, -0.1) is 22.7 Å². The van der Waals surface area contributed by atoms with Gasteiger partial charge in [-0.25, -0.2) is 0 Å². The highest BCUT2D eigenvalue weighted by Gasteiger charge is 2.39. The van der Waals surface area contributed by atoms with Crippen LogP contribution < -0.4 is 0 Å². The summed E-state index contributed by atoms with van der Waals surface area (Å²) in [4.78, 5) is 50.6. The van der Waals surface area contributed by atoms with Gasteiger partial charge < -0.3 is 18.9 Å². The number of thiophene rings is 2. The fourth-order valence-electron chi connectivity index (χ4n) is 7.39. The number of alkyl halides is 7. The number of hydrogen-bond acceptors (Lipinski definition) is 10. The SMILES string of the molecule is CCC(=O)OC1CCC(OC(=O)CC)c2cc(-c3cc4cc5sc(-c6ccc7c(c6)C(OC(=O)CC(F)(F)F)CCC7OC(=O)CC(F)(F)F)cc5cc4s3)ccc21.[2H]CF. The van der Waals surface area contributed by atoms with E-state index in [-0.39, 0.29) is 48.7 Å². The third-order valence-corrected chi connectivity index (χ3v) is 12.3. The van der Waals surface area contributed by atoms with E-state index in [1.165, 1.54) is 17.4 Å². The molecule has 2 aliphatic carbocycles. The van der Waals surface area contributed by atoms with E-state index in [0.717, 1.165) is 46.6 Å². The van der Waals surface area contributed by atoms with Gasteiger partial charge in [-0.3, -0.25) is 23.6 Å². The summed E-state index contributed by atoms with van der Waals surface area (Å²) >= 11 is 3.01. The zero-order chi connectivity index (χ0) is 44.2. The van der Waals surface area contributed by atoms with E-state index in [1.54, 1.807) is 37.3 Å². The first-order valence-electron chi connectivity index (χ1n) is 19.6. The van der Waals surface area contributed by atoms with Crippen LogP contribution in [0.5, 0.6) is 0 Å². The number of fused-ring (bicyclic) bond motifs is 4. The van der Waals surface area contributed by atoms with E-state index in [9.17, 15) is 49.9 Å². The summed E-state index contributed by atoms with van der Waals surface area (Å²) in [5.41, 5.74) is 3.64. The highest BCUT2D eigenvalue weighted by atomic mass is 32.1. The van der Waals surface area contributed by atoms with E-state index in [0.29, 0.717) is 18.4 Å². The predicted molar refractivity (Wildman–Crippen MR) is 211 cm³/mol. The second-order valence-corrected chi connectivity index (χ2v) is 16.4. The van der Waals surface area contributed by atoms with Gasteiger partial charge in [0.25, 0.3) is 0 Å². The van der Waals surface area contributed by atoms with Crippen molar-refractivity contribution in [3.8, 4) is 20.9 Å². The Hall–Kier alpha value is -5.03. The van der Waals surface area contributed by atoms with Crippen molar-refractivity contribution in [3.63, 3.8) is 0 Å². The lowest BCUT2D eigenvalue weighted by atomic mass is 9.85. The minimum absolute atomic E-state index is 0.0607. The first-order chi connectivity index (χ1) is 28.9. The number of benzene rings is 3. The molecule has 8 nitrogen and oxygen atoms in total. The molecule has 5 aromatic rings. The summed E-state index contributed by atoms with van der Waals surface area (Å²) < 4.78 is 117. The van der Waals surface area contributed by atoms with Crippen molar-refractivity contribution >= 4 is 66.7 Å². The van der Waals surface area contributed by atoms with Crippen LogP contribution in [-0.2, 0) is 38.1 Å². The van der Waals surface area contributed by atoms with Crippen LogP contribution in [0.1, 0.15) is 113 Å². The minimum Gasteiger partial charge on any atom is -0.457 e. The first kappa shape index (κ1) is 43.1. The fourth-order valence-corrected chi connectivity index (χ4v) is 9.56. The smallest absolute Gasteiger partial charge is 0.399 e. The van der Waals surface area contributed by atoms with Gasteiger partial charge in [0.2, 0.25) is 0 Å². The molecule has 17 heteroatoms. The van der Waals surface area contributed by atoms with Gasteiger partial charge in [-0.2, -0.15) is 26.3 Å². The maximum Gasteiger partial charge on any atom is 0.399 e. The zero-order valence-electron chi connectivity index (χ0n) is 33.2. The third-order valence-electron chi connectivity index (χ3n) is 10.0. The largest absolute Gasteiger partial charge is 0.457 e. The maximum absolute atomic E-state index is 13.0. The molecule has 0 aliphatic heterocycles. The van der Waals surface area contributed by atoms with Crippen molar-refractivity contribution in [3.05, 3.63) is 82.9 Å². The van der Waals surface area contributed by atoms with Crippen molar-refractivity contribution in [2.45, 2.75) is 102 Å².